The number of amides is 1. The Kier molecular flexibility index (Phi) is 5.60. The summed E-state index contributed by atoms with van der Waals surface area (Å²) in [4.78, 5) is 17.8. The van der Waals surface area contributed by atoms with Gasteiger partial charge in [-0.15, -0.1) is 22.7 Å². The maximum Gasteiger partial charge on any atom is 0.226 e. The molecule has 0 fully saturated rings. The molecule has 2 aromatic heterocycles. The molecule has 1 atom stereocenters. The molecule has 0 aliphatic carbocycles. The molecule has 0 saturated carbocycles. The van der Waals surface area contributed by atoms with Crippen molar-refractivity contribution in [2.45, 2.75) is 32.7 Å². The topological polar surface area (TPSA) is 68.0 Å². The summed E-state index contributed by atoms with van der Waals surface area (Å²) in [5.74, 6) is 0.211. The lowest BCUT2D eigenvalue weighted by Crippen LogP contribution is -2.55. The molecule has 0 bridgehead atoms. The number of hydrogen-bond donors (Lipinski definition) is 2. The Labute approximate surface area is 143 Å². The lowest BCUT2D eigenvalue weighted by atomic mass is 9.88. The average Bonchev–Trinajstić information content (AvgIpc) is 3.07. The van der Waals surface area contributed by atoms with E-state index in [4.69, 9.17) is 17.3 Å². The third kappa shape index (κ3) is 4.07. The number of nitrogens with one attached hydrogen (secondary N) is 1. The Hall–Kier alpha value is -0.950. The summed E-state index contributed by atoms with van der Waals surface area (Å²) in [7, 11) is 0. The van der Waals surface area contributed by atoms with Crippen molar-refractivity contribution < 1.29 is 4.79 Å². The van der Waals surface area contributed by atoms with Gasteiger partial charge in [0.25, 0.3) is 0 Å². The van der Waals surface area contributed by atoms with Gasteiger partial charge in [-0.25, -0.2) is 4.98 Å². The molecule has 2 aromatic rings. The number of nitrogens with two attached hydrogens (primary N) is 1. The van der Waals surface area contributed by atoms with Crippen LogP contribution in [0.3, 0.4) is 0 Å². The van der Waals surface area contributed by atoms with Crippen molar-refractivity contribution in [3.63, 3.8) is 0 Å². The number of rotatable bonds is 6. The van der Waals surface area contributed by atoms with Crippen molar-refractivity contribution >= 4 is 40.2 Å². The van der Waals surface area contributed by atoms with Crippen molar-refractivity contribution in [2.75, 3.05) is 6.54 Å². The quantitative estimate of drug-likeness (QED) is 0.830. The Morgan fingerprint density at radius 1 is 1.50 bits per heavy atom. The first-order valence-corrected chi connectivity index (χ1v) is 9.12. The van der Waals surface area contributed by atoms with Crippen LogP contribution in [0.1, 0.15) is 26.5 Å². The second kappa shape index (κ2) is 7.08. The Morgan fingerprint density at radius 3 is 2.77 bits per heavy atom. The molecule has 2 heterocycles. The summed E-state index contributed by atoms with van der Waals surface area (Å²) in [6, 6.07) is 3.80. The van der Waals surface area contributed by atoms with E-state index in [2.05, 4.69) is 24.1 Å². The van der Waals surface area contributed by atoms with E-state index in [1.54, 1.807) is 0 Å². The van der Waals surface area contributed by atoms with Gasteiger partial charge in [0, 0.05) is 11.9 Å². The molecule has 0 aliphatic rings. The van der Waals surface area contributed by atoms with Crippen LogP contribution in [0.15, 0.2) is 17.5 Å². The lowest BCUT2D eigenvalue weighted by molar-refractivity contribution is -0.122. The second-order valence-electron chi connectivity index (χ2n) is 5.75. The number of thiazole rings is 1. The molecule has 0 spiro atoms. The molecular formula is C15H20ClN3OS2. The number of carbonyl (C=O) groups is 1. The van der Waals surface area contributed by atoms with Gasteiger partial charge in [-0.05, 0) is 25.0 Å². The molecular weight excluding hydrogens is 338 g/mol. The number of thiophene rings is 1. The van der Waals surface area contributed by atoms with Gasteiger partial charge in [0.05, 0.1) is 26.9 Å². The van der Waals surface area contributed by atoms with Crippen molar-refractivity contribution in [1.82, 2.24) is 10.3 Å². The summed E-state index contributed by atoms with van der Waals surface area (Å²) in [5, 5.41) is 5.83. The highest BCUT2D eigenvalue weighted by Gasteiger charge is 2.28. The highest BCUT2D eigenvalue weighted by Crippen LogP contribution is 2.33. The molecule has 0 radical (unpaired) electrons. The van der Waals surface area contributed by atoms with Crippen molar-refractivity contribution in [3.05, 3.63) is 27.5 Å². The van der Waals surface area contributed by atoms with Gasteiger partial charge >= 0.3 is 0 Å². The average molecular weight is 358 g/mol. The number of nitrogens with zero attached hydrogens (tertiary/aromatic N) is 1. The molecule has 22 heavy (non-hydrogen) atoms. The summed E-state index contributed by atoms with van der Waals surface area (Å²) in [6.45, 7) is 6.48. The largest absolute Gasteiger partial charge is 0.349 e. The van der Waals surface area contributed by atoms with Crippen LogP contribution < -0.4 is 11.1 Å². The lowest BCUT2D eigenvalue weighted by Gasteiger charge is -2.33. The van der Waals surface area contributed by atoms with E-state index < -0.39 is 5.54 Å². The fourth-order valence-corrected chi connectivity index (χ4v) is 3.82. The normalized spacial score (nSPS) is 14.1. The van der Waals surface area contributed by atoms with Crippen LogP contribution in [0.4, 0.5) is 0 Å². The minimum Gasteiger partial charge on any atom is -0.349 e. The van der Waals surface area contributed by atoms with Gasteiger partial charge in [0.1, 0.15) is 5.01 Å². The molecule has 0 aliphatic heterocycles. The standard InChI is InChI=1S/C15H20ClN3OS2/c1-9(2)15(3,8-17)19-13(20)6-10-7-21-14(18-10)11-4-5-12(16)22-11/h4-5,7,9H,6,8,17H2,1-3H3,(H,19,20). The summed E-state index contributed by atoms with van der Waals surface area (Å²) in [5.41, 5.74) is 6.17. The number of halogens is 1. The number of carbonyl (C=O) groups excluding carboxylic acids is 1. The van der Waals surface area contributed by atoms with Gasteiger partial charge in [0.15, 0.2) is 0 Å². The first-order valence-electron chi connectivity index (χ1n) is 7.05. The predicted molar refractivity (Wildman–Crippen MR) is 94.6 cm³/mol. The van der Waals surface area contributed by atoms with Gasteiger partial charge in [-0.2, -0.15) is 0 Å². The van der Waals surface area contributed by atoms with E-state index in [9.17, 15) is 4.79 Å². The zero-order chi connectivity index (χ0) is 16.3. The minimum atomic E-state index is -0.392. The highest BCUT2D eigenvalue weighted by molar-refractivity contribution is 7.23. The Morgan fingerprint density at radius 2 is 2.23 bits per heavy atom. The van der Waals surface area contributed by atoms with Gasteiger partial charge in [0.2, 0.25) is 5.91 Å². The zero-order valence-electron chi connectivity index (χ0n) is 12.9. The van der Waals surface area contributed by atoms with E-state index in [1.807, 2.05) is 24.4 Å². The predicted octanol–water partition coefficient (Wildman–Crippen LogP) is 3.56. The molecule has 2 rings (SSSR count). The zero-order valence-corrected chi connectivity index (χ0v) is 15.2. The van der Waals surface area contributed by atoms with Gasteiger partial charge in [-0.1, -0.05) is 25.4 Å². The van der Waals surface area contributed by atoms with Crippen molar-refractivity contribution in [3.8, 4) is 9.88 Å². The van der Waals surface area contributed by atoms with E-state index in [-0.39, 0.29) is 18.2 Å². The molecule has 4 nitrogen and oxygen atoms in total. The molecule has 120 valence electrons. The first-order chi connectivity index (χ1) is 10.3. The van der Waals surface area contributed by atoms with Gasteiger partial charge < -0.3 is 11.1 Å². The number of hydrogen-bond acceptors (Lipinski definition) is 5. The molecule has 1 unspecified atom stereocenters. The van der Waals surface area contributed by atoms with Crippen LogP contribution >= 0.6 is 34.3 Å². The Bertz CT molecular complexity index is 653. The maximum atomic E-state index is 12.2. The summed E-state index contributed by atoms with van der Waals surface area (Å²) in [6.07, 6.45) is 0.262. The maximum absolute atomic E-state index is 12.2. The smallest absolute Gasteiger partial charge is 0.226 e. The SMILES string of the molecule is CC(C)C(C)(CN)NC(=O)Cc1csc(-c2ccc(Cl)s2)n1. The molecule has 0 saturated heterocycles. The fourth-order valence-electron chi connectivity index (χ4n) is 1.89. The summed E-state index contributed by atoms with van der Waals surface area (Å²) < 4.78 is 0.736. The fraction of sp³-hybridized carbons (Fsp3) is 0.467. The Balaban J connectivity index is 2.02. The van der Waals surface area contributed by atoms with Crippen LogP contribution in [0.5, 0.6) is 0 Å². The molecule has 0 aromatic carbocycles. The molecule has 7 heteroatoms. The number of aromatic nitrogens is 1. The minimum absolute atomic E-state index is 0.0530. The van der Waals surface area contributed by atoms with E-state index in [1.165, 1.54) is 22.7 Å². The summed E-state index contributed by atoms with van der Waals surface area (Å²) >= 11 is 8.95. The van der Waals surface area contributed by atoms with Gasteiger partial charge in [-0.3, -0.25) is 4.79 Å². The third-order valence-corrected chi connectivity index (χ3v) is 6.09. The second-order valence-corrected chi connectivity index (χ2v) is 8.32. The monoisotopic (exact) mass is 357 g/mol. The van der Waals surface area contributed by atoms with E-state index in [0.717, 1.165) is 19.9 Å². The van der Waals surface area contributed by atoms with E-state index >= 15 is 0 Å². The van der Waals surface area contributed by atoms with E-state index in [0.29, 0.717) is 6.54 Å². The van der Waals surface area contributed by atoms with Crippen LogP contribution in [-0.2, 0) is 11.2 Å². The third-order valence-electron chi connectivity index (χ3n) is 3.80. The first kappa shape index (κ1) is 17.4. The van der Waals surface area contributed by atoms with Crippen molar-refractivity contribution in [2.24, 2.45) is 11.7 Å². The van der Waals surface area contributed by atoms with Crippen molar-refractivity contribution in [1.29, 1.82) is 0 Å². The van der Waals surface area contributed by atoms with Crippen LogP contribution in [0.25, 0.3) is 9.88 Å². The molecule has 3 N–H and O–H groups in total. The van der Waals surface area contributed by atoms with Crippen LogP contribution in [0, 0.1) is 5.92 Å². The van der Waals surface area contributed by atoms with Crippen LogP contribution in [0.2, 0.25) is 4.34 Å². The van der Waals surface area contributed by atoms with Crippen LogP contribution in [-0.4, -0.2) is 23.0 Å². The highest BCUT2D eigenvalue weighted by atomic mass is 35.5. The molecule has 1 amide bonds.